The summed E-state index contributed by atoms with van der Waals surface area (Å²) in [5.74, 6) is -0.767. The Morgan fingerprint density at radius 2 is 1.27 bits per heavy atom. The van der Waals surface area contributed by atoms with Crippen LogP contribution in [0.2, 0.25) is 0 Å². The molecule has 8 N–H and O–H groups in total. The van der Waals surface area contributed by atoms with Crippen LogP contribution >= 0.6 is 0 Å². The molecule has 12 rings (SSSR count). The summed E-state index contributed by atoms with van der Waals surface area (Å²) in [4.78, 5) is 74.3. The number of hydrogen-bond acceptors (Lipinski definition) is 16. The number of hydrogen-bond donors (Lipinski definition) is 7. The summed E-state index contributed by atoms with van der Waals surface area (Å²) in [7, 11) is 1.52. The maximum Gasteiger partial charge on any atom is 0.573 e. The SMILES string of the molecule is CC(C)(C)NC(=O)c1ccc2c(c1)nc(Nc1n[nH]c3ccc(-c4ccccc4OC(F)(F)F)cc13)n2C1CCC(O)CC1.CC[C@@H]1[C@H](F)C(=O)N[C@@H]1COc1nccc2cc(C(=O)CC(C)(C)C)c(OC)cc12.CC[C@@H]1[C@H](F)C(=O)N[C@@H]1COc1nccc2cc(C(N)=O)c(OC(C)(C)C)cc12. The highest BCUT2D eigenvalue weighted by molar-refractivity contribution is 6.05. The van der Waals surface area contributed by atoms with Gasteiger partial charge in [-0.2, -0.15) is 5.10 Å². The number of carbonyl (C=O) groups excluding carboxylic acids is 5. The number of rotatable bonds is 19. The molecule has 1 aliphatic carbocycles. The number of benzene rings is 5. The van der Waals surface area contributed by atoms with Crippen molar-refractivity contribution in [3.8, 4) is 40.1 Å². The number of aliphatic hydroxyl groups is 1. The molecule has 103 heavy (non-hydrogen) atoms. The lowest BCUT2D eigenvalue weighted by molar-refractivity contribution is -0.274. The van der Waals surface area contributed by atoms with Crippen LogP contribution in [0.4, 0.5) is 33.7 Å². The fraction of sp³-hybridized carbons (Fsp3) is 0.434. The maximum atomic E-state index is 14.0. The van der Waals surface area contributed by atoms with E-state index < -0.39 is 71.5 Å². The van der Waals surface area contributed by atoms with Crippen LogP contribution in [0.15, 0.2) is 109 Å². The second kappa shape index (κ2) is 30.8. The highest BCUT2D eigenvalue weighted by atomic mass is 19.4. The predicted octanol–water partition coefficient (Wildman–Crippen LogP) is 14.1. The number of ketones is 1. The fourth-order valence-corrected chi connectivity index (χ4v) is 13.1. The molecule has 0 spiro atoms. The number of nitrogens with zero attached hydrogens (tertiary/aromatic N) is 5. The number of aromatic amines is 1. The number of Topliss-reactive ketones (excluding diaryl/α,β-unsaturated/α-hetero) is 1. The van der Waals surface area contributed by atoms with Crippen molar-refractivity contribution in [3.63, 3.8) is 0 Å². The molecule has 0 radical (unpaired) electrons. The molecule has 4 aromatic heterocycles. The number of alkyl halides is 5. The van der Waals surface area contributed by atoms with Gasteiger partial charge in [-0.1, -0.05) is 58.9 Å². The number of H-pyrrole nitrogens is 1. The maximum absolute atomic E-state index is 14.0. The number of amides is 4. The van der Waals surface area contributed by atoms with Gasteiger partial charge in [0.05, 0.1) is 53.0 Å². The molecule has 5 aromatic carbocycles. The van der Waals surface area contributed by atoms with Gasteiger partial charge in [-0.3, -0.25) is 29.1 Å². The van der Waals surface area contributed by atoms with E-state index in [-0.39, 0.29) is 59.3 Å². The lowest BCUT2D eigenvalue weighted by Crippen LogP contribution is -2.40. The lowest BCUT2D eigenvalue weighted by Gasteiger charge is -2.28. The van der Waals surface area contributed by atoms with Crippen molar-refractivity contribution in [1.29, 1.82) is 0 Å². The summed E-state index contributed by atoms with van der Waals surface area (Å²) in [5, 5.41) is 32.7. The van der Waals surface area contributed by atoms with Crippen molar-refractivity contribution in [2.75, 3.05) is 25.6 Å². The van der Waals surface area contributed by atoms with Crippen LogP contribution in [0.1, 0.15) is 158 Å². The van der Waals surface area contributed by atoms with Crippen LogP contribution in [0.25, 0.3) is 54.6 Å². The normalized spacial score (nSPS) is 19.9. The van der Waals surface area contributed by atoms with Crippen LogP contribution < -0.4 is 50.7 Å². The first-order valence-electron chi connectivity index (χ1n) is 34.3. The first kappa shape index (κ1) is 75.5. The molecule has 27 heteroatoms. The Labute approximate surface area is 592 Å². The number of ether oxygens (including phenoxy) is 5. The third-order valence-corrected chi connectivity index (χ3v) is 17.9. The number of aliphatic hydroxyl groups excluding tert-OH is 1. The number of carbonyl (C=O) groups is 5. The van der Waals surface area contributed by atoms with Crippen LogP contribution in [0, 0.1) is 17.3 Å². The van der Waals surface area contributed by atoms with E-state index in [0.717, 1.165) is 23.7 Å². The summed E-state index contributed by atoms with van der Waals surface area (Å²) >= 11 is 0. The molecule has 6 heterocycles. The van der Waals surface area contributed by atoms with Crippen molar-refractivity contribution in [2.45, 2.75) is 175 Å². The molecule has 2 aliphatic heterocycles. The van der Waals surface area contributed by atoms with E-state index in [4.69, 9.17) is 29.7 Å². The summed E-state index contributed by atoms with van der Waals surface area (Å²) in [6, 6.07) is 26.2. The first-order chi connectivity index (χ1) is 48.6. The van der Waals surface area contributed by atoms with Crippen molar-refractivity contribution >= 4 is 84.7 Å². The van der Waals surface area contributed by atoms with Crippen LogP contribution in [0.5, 0.6) is 29.0 Å². The molecule has 1 saturated carbocycles. The average Bonchev–Trinajstić information content (AvgIpc) is 1.69. The third-order valence-electron chi connectivity index (χ3n) is 17.9. The Morgan fingerprint density at radius 1 is 0.689 bits per heavy atom. The van der Waals surface area contributed by atoms with Crippen molar-refractivity contribution in [3.05, 3.63) is 126 Å². The molecule has 2 saturated heterocycles. The highest BCUT2D eigenvalue weighted by Crippen LogP contribution is 2.41. The molecular formula is C76H88F5N11O11. The summed E-state index contributed by atoms with van der Waals surface area (Å²) < 4.78 is 96.8. The lowest BCUT2D eigenvalue weighted by atomic mass is 9.87. The van der Waals surface area contributed by atoms with E-state index in [9.17, 15) is 51.0 Å². The van der Waals surface area contributed by atoms with Gasteiger partial charge in [-0.15, -0.1) is 13.2 Å². The van der Waals surface area contributed by atoms with E-state index in [1.165, 1.54) is 19.2 Å². The smallest absolute Gasteiger partial charge is 0.496 e. The zero-order chi connectivity index (χ0) is 74.6. The van der Waals surface area contributed by atoms with E-state index in [0.29, 0.717) is 116 Å². The zero-order valence-corrected chi connectivity index (χ0v) is 59.6. The standard InChI is InChI=1S/C32H33F3N6O3.C23H29FN2O4.C21H26FN3O4/c1-31(2,3)38-29(43)19-9-15-26-25(17-19)36-30(41(26)20-10-12-21(42)13-11-20)37-28-23-16-18(8-14-24(23)39-40-28)22-6-4-5-7-27(22)44-32(33,34)35;1-6-14-17(26-21(28)20(14)24)12-30-22-15-10-19(29-5)16(9-13(15)7-8-25-22)18(27)11-23(2,3)4;1-5-12-15(25-19(27)17(12)22)10-28-20-13-9-16(29-21(2,3)4)14(18(23)26)8-11(13)6-7-24-20/h4-9,14-17,20-21,42H,10-13H2,1-3H3,(H,38,43)(H2,36,37,39,40);7-10,14,17,20H,6,11-12H2,1-5H3,(H,26,28);6-9,12,15,17H,5,10H2,1-4H3,(H2,23,26)(H,25,27)/t;14-,17+,20-;12-,15+,17-/m.00/s1. The minimum atomic E-state index is -4.83. The molecular weight excluding hydrogens is 1340 g/mol. The minimum Gasteiger partial charge on any atom is -0.496 e. The third kappa shape index (κ3) is 18.2. The topological polar surface area (TPSA) is 298 Å². The summed E-state index contributed by atoms with van der Waals surface area (Å²) in [5.41, 5.74) is 8.64. The molecule has 0 bridgehead atoms. The summed E-state index contributed by atoms with van der Waals surface area (Å²) in [6.07, 6.45) is -0.815. The number of imidazole rings is 1. The quantitative estimate of drug-likeness (QED) is 0.0292. The highest BCUT2D eigenvalue weighted by Gasteiger charge is 2.43. The van der Waals surface area contributed by atoms with Crippen molar-refractivity contribution < 1.29 is 74.7 Å². The zero-order valence-electron chi connectivity index (χ0n) is 59.6. The molecule has 3 fully saturated rings. The Kier molecular flexibility index (Phi) is 22.6. The molecule has 3 aliphatic rings. The number of primary amides is 1. The van der Waals surface area contributed by atoms with Gasteiger partial charge in [0.1, 0.15) is 36.1 Å². The molecule has 548 valence electrons. The summed E-state index contributed by atoms with van der Waals surface area (Å²) in [6.45, 7) is 21.3. The Balaban J connectivity index is 0.000000172. The molecule has 22 nitrogen and oxygen atoms in total. The van der Waals surface area contributed by atoms with E-state index in [1.807, 2.05) is 82.2 Å². The van der Waals surface area contributed by atoms with Gasteiger partial charge in [0.2, 0.25) is 17.7 Å². The fourth-order valence-electron chi connectivity index (χ4n) is 13.1. The van der Waals surface area contributed by atoms with Crippen molar-refractivity contribution in [2.24, 2.45) is 23.0 Å². The molecule has 4 amide bonds. The Bertz CT molecular complexity index is 4610. The number of pyridine rings is 2. The molecule has 6 atom stereocenters. The van der Waals surface area contributed by atoms with E-state index in [1.54, 1.807) is 91.3 Å². The van der Waals surface area contributed by atoms with Gasteiger partial charge in [0, 0.05) is 69.5 Å². The second-order valence-corrected chi connectivity index (χ2v) is 29.3. The monoisotopic (exact) mass is 1430 g/mol. The van der Waals surface area contributed by atoms with Crippen LogP contribution in [-0.2, 0) is 9.59 Å². The van der Waals surface area contributed by atoms with Crippen LogP contribution in [0.3, 0.4) is 0 Å². The number of fused-ring (bicyclic) bond motifs is 4. The largest absolute Gasteiger partial charge is 0.573 e. The van der Waals surface area contributed by atoms with Gasteiger partial charge >= 0.3 is 6.36 Å². The minimum absolute atomic E-state index is 0.00831. The van der Waals surface area contributed by atoms with Crippen LogP contribution in [-0.4, -0.2) is 133 Å². The van der Waals surface area contributed by atoms with Gasteiger partial charge in [0.15, 0.2) is 23.9 Å². The van der Waals surface area contributed by atoms with Crippen molar-refractivity contribution in [1.82, 2.24) is 45.7 Å². The van der Waals surface area contributed by atoms with Gasteiger partial charge in [-0.25, -0.2) is 23.7 Å². The van der Waals surface area contributed by atoms with E-state index in [2.05, 4.69) is 50.7 Å². The van der Waals surface area contributed by atoms with Gasteiger partial charge in [-0.05, 0) is 175 Å². The first-order valence-corrected chi connectivity index (χ1v) is 34.3. The number of nitrogens with one attached hydrogen (secondary N) is 5. The molecule has 9 aromatic rings. The Morgan fingerprint density at radius 3 is 1.82 bits per heavy atom. The number of methoxy groups -OCH3 is 1. The van der Waals surface area contributed by atoms with Gasteiger partial charge in [0.25, 0.3) is 23.6 Å². The van der Waals surface area contributed by atoms with Gasteiger partial charge < -0.3 is 60.4 Å². The average molecular weight is 1430 g/mol. The second-order valence-electron chi connectivity index (χ2n) is 29.3. The number of para-hydroxylation sites is 1. The Hall–Kier alpha value is -10.2. The number of aromatic nitrogens is 6. The number of anilines is 2. The molecule has 0 unspecified atom stereocenters. The number of nitrogens with two attached hydrogens (primary N) is 1. The predicted molar refractivity (Wildman–Crippen MR) is 382 cm³/mol. The number of halogens is 5. The van der Waals surface area contributed by atoms with E-state index >= 15 is 0 Å².